The summed E-state index contributed by atoms with van der Waals surface area (Å²) in [5, 5.41) is 9.23. The highest BCUT2D eigenvalue weighted by atomic mass is 16.5. The Morgan fingerprint density at radius 1 is 1.67 bits per heavy atom. The number of amides is 1. The molecule has 6 heteroatoms. The molecule has 18 heavy (non-hydrogen) atoms. The number of hydrogen-bond acceptors (Lipinski definition) is 5. The van der Waals surface area contributed by atoms with Crippen LogP contribution in [0.2, 0.25) is 0 Å². The summed E-state index contributed by atoms with van der Waals surface area (Å²) in [6.45, 7) is 0.0920. The van der Waals surface area contributed by atoms with E-state index in [0.29, 0.717) is 11.3 Å². The molecule has 2 heterocycles. The number of hydrogen-bond donors (Lipinski definition) is 1. The largest absolute Gasteiger partial charge is 0.469 e. The maximum absolute atomic E-state index is 11.9. The molecule has 0 saturated carbocycles. The SMILES string of the molecule is COC(=O)C1CC(=O)N(c2cnccc2CO)C1. The molecule has 1 saturated heterocycles. The second-order valence-corrected chi connectivity index (χ2v) is 4.09. The van der Waals surface area contributed by atoms with Crippen molar-refractivity contribution in [1.82, 2.24) is 4.98 Å². The van der Waals surface area contributed by atoms with E-state index in [2.05, 4.69) is 9.72 Å². The first kappa shape index (κ1) is 12.5. The fourth-order valence-corrected chi connectivity index (χ4v) is 2.06. The highest BCUT2D eigenvalue weighted by Gasteiger charge is 2.36. The molecule has 1 aliphatic heterocycles. The number of rotatable bonds is 3. The van der Waals surface area contributed by atoms with E-state index in [-0.39, 0.29) is 31.4 Å². The Morgan fingerprint density at radius 3 is 3.11 bits per heavy atom. The van der Waals surface area contributed by atoms with Crippen LogP contribution in [0.1, 0.15) is 12.0 Å². The Labute approximate surface area is 104 Å². The lowest BCUT2D eigenvalue weighted by molar-refractivity contribution is -0.145. The zero-order valence-electron chi connectivity index (χ0n) is 10.00. The number of anilines is 1. The highest BCUT2D eigenvalue weighted by molar-refractivity contribution is 5.99. The van der Waals surface area contributed by atoms with E-state index in [9.17, 15) is 14.7 Å². The van der Waals surface area contributed by atoms with Crippen molar-refractivity contribution < 1.29 is 19.4 Å². The normalized spacial score (nSPS) is 19.1. The van der Waals surface area contributed by atoms with E-state index in [1.807, 2.05) is 0 Å². The Kier molecular flexibility index (Phi) is 3.57. The van der Waals surface area contributed by atoms with Crippen LogP contribution in [0.25, 0.3) is 0 Å². The molecule has 1 aromatic heterocycles. The number of aromatic nitrogens is 1. The number of aliphatic hydroxyl groups excluding tert-OH is 1. The van der Waals surface area contributed by atoms with E-state index in [0.717, 1.165) is 0 Å². The van der Waals surface area contributed by atoms with E-state index in [1.54, 1.807) is 12.3 Å². The summed E-state index contributed by atoms with van der Waals surface area (Å²) in [6, 6.07) is 1.65. The molecule has 1 atom stereocenters. The fourth-order valence-electron chi connectivity index (χ4n) is 2.06. The number of pyridine rings is 1. The van der Waals surface area contributed by atoms with Crippen LogP contribution in [-0.4, -0.2) is 35.6 Å². The van der Waals surface area contributed by atoms with Gasteiger partial charge in [0.1, 0.15) is 0 Å². The molecule has 1 fully saturated rings. The topological polar surface area (TPSA) is 79.7 Å². The summed E-state index contributed by atoms with van der Waals surface area (Å²) in [5.74, 6) is -0.998. The van der Waals surface area contributed by atoms with Gasteiger partial charge in [-0.2, -0.15) is 0 Å². The van der Waals surface area contributed by atoms with Crippen molar-refractivity contribution >= 4 is 17.6 Å². The molecular formula is C12H14N2O4. The predicted octanol–water partition coefficient (Wildman–Crippen LogP) is 0.0998. The number of methoxy groups -OCH3 is 1. The van der Waals surface area contributed by atoms with Crippen molar-refractivity contribution in [3.8, 4) is 0 Å². The molecule has 6 nitrogen and oxygen atoms in total. The molecule has 2 rings (SSSR count). The molecule has 1 aromatic rings. The van der Waals surface area contributed by atoms with Crippen LogP contribution in [0, 0.1) is 5.92 Å². The van der Waals surface area contributed by atoms with Gasteiger partial charge in [0.05, 0.1) is 31.5 Å². The minimum atomic E-state index is -0.450. The lowest BCUT2D eigenvalue weighted by Gasteiger charge is -2.18. The summed E-state index contributed by atoms with van der Waals surface area (Å²) in [7, 11) is 1.30. The summed E-state index contributed by atoms with van der Waals surface area (Å²) in [6.07, 6.45) is 3.20. The van der Waals surface area contributed by atoms with Crippen LogP contribution in [0.4, 0.5) is 5.69 Å². The first-order valence-corrected chi connectivity index (χ1v) is 5.59. The van der Waals surface area contributed by atoms with Crippen LogP contribution in [0.15, 0.2) is 18.5 Å². The third kappa shape index (κ3) is 2.19. The number of esters is 1. The van der Waals surface area contributed by atoms with Crippen molar-refractivity contribution in [2.24, 2.45) is 5.92 Å². The maximum Gasteiger partial charge on any atom is 0.311 e. The van der Waals surface area contributed by atoms with Gasteiger partial charge in [0.2, 0.25) is 5.91 Å². The van der Waals surface area contributed by atoms with Crippen LogP contribution < -0.4 is 4.90 Å². The third-order valence-corrected chi connectivity index (χ3v) is 3.01. The summed E-state index contributed by atoms with van der Waals surface area (Å²) >= 11 is 0. The second kappa shape index (κ2) is 5.14. The van der Waals surface area contributed by atoms with Crippen LogP contribution >= 0.6 is 0 Å². The average Bonchev–Trinajstić information content (AvgIpc) is 2.79. The Bertz CT molecular complexity index is 475. The standard InChI is InChI=1S/C12H14N2O4/c1-18-12(17)9-4-11(16)14(6-9)10-5-13-3-2-8(10)7-15/h2-3,5,9,15H,4,6-7H2,1H3. The van der Waals surface area contributed by atoms with Crippen molar-refractivity contribution in [2.75, 3.05) is 18.6 Å². The molecule has 0 aliphatic carbocycles. The average molecular weight is 250 g/mol. The zero-order valence-corrected chi connectivity index (χ0v) is 10.00. The van der Waals surface area contributed by atoms with E-state index in [4.69, 9.17) is 0 Å². The van der Waals surface area contributed by atoms with Crippen LogP contribution in [0.5, 0.6) is 0 Å². The van der Waals surface area contributed by atoms with E-state index < -0.39 is 5.92 Å². The smallest absolute Gasteiger partial charge is 0.311 e. The molecule has 0 radical (unpaired) electrons. The molecule has 0 bridgehead atoms. The minimum Gasteiger partial charge on any atom is -0.469 e. The maximum atomic E-state index is 11.9. The number of carbonyl (C=O) groups is 2. The van der Waals surface area contributed by atoms with Crippen LogP contribution in [0.3, 0.4) is 0 Å². The monoisotopic (exact) mass is 250 g/mol. The van der Waals surface area contributed by atoms with Gasteiger partial charge in [-0.15, -0.1) is 0 Å². The van der Waals surface area contributed by atoms with Gasteiger partial charge >= 0.3 is 5.97 Å². The third-order valence-electron chi connectivity index (χ3n) is 3.01. The lowest BCUT2D eigenvalue weighted by Crippen LogP contribution is -2.27. The Hall–Kier alpha value is -1.95. The summed E-state index contributed by atoms with van der Waals surface area (Å²) in [4.78, 5) is 28.7. The summed E-state index contributed by atoms with van der Waals surface area (Å²) < 4.78 is 4.64. The van der Waals surface area contributed by atoms with Gasteiger partial charge in [0.15, 0.2) is 0 Å². The highest BCUT2D eigenvalue weighted by Crippen LogP contribution is 2.27. The van der Waals surface area contributed by atoms with Crippen molar-refractivity contribution in [3.05, 3.63) is 24.0 Å². The van der Waals surface area contributed by atoms with Crippen molar-refractivity contribution in [1.29, 1.82) is 0 Å². The molecule has 96 valence electrons. The molecule has 1 unspecified atom stereocenters. The number of aliphatic hydroxyl groups is 1. The van der Waals surface area contributed by atoms with Gasteiger partial charge in [-0.05, 0) is 6.07 Å². The molecule has 1 amide bonds. The van der Waals surface area contributed by atoms with E-state index >= 15 is 0 Å². The fraction of sp³-hybridized carbons (Fsp3) is 0.417. The van der Waals surface area contributed by atoms with Crippen molar-refractivity contribution in [2.45, 2.75) is 13.0 Å². The van der Waals surface area contributed by atoms with Gasteiger partial charge in [-0.3, -0.25) is 14.6 Å². The Morgan fingerprint density at radius 2 is 2.44 bits per heavy atom. The molecule has 0 aromatic carbocycles. The van der Waals surface area contributed by atoms with Gasteiger partial charge in [0.25, 0.3) is 0 Å². The van der Waals surface area contributed by atoms with Gasteiger partial charge < -0.3 is 14.7 Å². The molecule has 0 spiro atoms. The first-order chi connectivity index (χ1) is 8.67. The molecule has 1 aliphatic rings. The minimum absolute atomic E-state index is 0.131. The van der Waals surface area contributed by atoms with Gasteiger partial charge in [-0.1, -0.05) is 0 Å². The second-order valence-electron chi connectivity index (χ2n) is 4.09. The van der Waals surface area contributed by atoms with Gasteiger partial charge in [-0.25, -0.2) is 0 Å². The predicted molar refractivity (Wildman–Crippen MR) is 62.6 cm³/mol. The lowest BCUT2D eigenvalue weighted by atomic mass is 10.1. The zero-order chi connectivity index (χ0) is 13.1. The number of nitrogens with zero attached hydrogens (tertiary/aromatic N) is 2. The summed E-state index contributed by atoms with van der Waals surface area (Å²) in [5.41, 5.74) is 1.17. The number of ether oxygens (including phenoxy) is 1. The Balaban J connectivity index is 2.24. The molecular weight excluding hydrogens is 236 g/mol. The van der Waals surface area contributed by atoms with E-state index in [1.165, 1.54) is 18.2 Å². The van der Waals surface area contributed by atoms with Crippen molar-refractivity contribution in [3.63, 3.8) is 0 Å². The first-order valence-electron chi connectivity index (χ1n) is 5.59. The quantitative estimate of drug-likeness (QED) is 0.770. The number of carbonyl (C=O) groups excluding carboxylic acids is 2. The van der Waals surface area contributed by atoms with Crippen LogP contribution in [-0.2, 0) is 20.9 Å². The van der Waals surface area contributed by atoms with Gasteiger partial charge in [0, 0.05) is 24.7 Å². The molecule has 1 N–H and O–H groups in total.